The van der Waals surface area contributed by atoms with Gasteiger partial charge in [0.05, 0.1) is 6.26 Å². The van der Waals surface area contributed by atoms with Crippen molar-refractivity contribution in [3.63, 3.8) is 0 Å². The summed E-state index contributed by atoms with van der Waals surface area (Å²) >= 11 is 6.66. The normalized spacial score (nSPS) is 10.4. The van der Waals surface area contributed by atoms with Gasteiger partial charge in [-0.15, -0.1) is 0 Å². The van der Waals surface area contributed by atoms with Gasteiger partial charge in [0, 0.05) is 5.33 Å². The van der Waals surface area contributed by atoms with Crippen LogP contribution in [0.2, 0.25) is 0 Å². The Balaban J connectivity index is 2.27. The van der Waals surface area contributed by atoms with Crippen molar-refractivity contribution in [2.45, 2.75) is 19.3 Å². The quantitative estimate of drug-likeness (QED) is 0.605. The molecule has 1 heterocycles. The fourth-order valence-electron chi connectivity index (χ4n) is 0.900. The lowest BCUT2D eigenvalue weighted by Gasteiger charge is -1.92. The molecule has 0 spiro atoms. The molecule has 1 aromatic heterocycles. The molecule has 0 N–H and O–H groups in total. The molecule has 0 aliphatic rings. The first kappa shape index (κ1) is 9.33. The Morgan fingerprint density at radius 3 is 2.73 bits per heavy atom. The second-order valence-corrected chi connectivity index (χ2v) is 3.98. The molecule has 11 heavy (non-hydrogen) atoms. The maximum absolute atomic E-state index is 5.10. The van der Waals surface area contributed by atoms with Gasteiger partial charge < -0.3 is 4.42 Å². The van der Waals surface area contributed by atoms with Crippen molar-refractivity contribution < 1.29 is 4.42 Å². The molecule has 0 fully saturated rings. The molecule has 0 aliphatic carbocycles. The van der Waals surface area contributed by atoms with Crippen LogP contribution in [0.3, 0.4) is 0 Å². The van der Waals surface area contributed by atoms with E-state index in [1.807, 2.05) is 6.07 Å². The molecule has 0 radical (unpaired) electrons. The summed E-state index contributed by atoms with van der Waals surface area (Å²) in [5.41, 5.74) is 1.28. The van der Waals surface area contributed by atoms with Gasteiger partial charge in [-0.2, -0.15) is 0 Å². The molecule has 62 valence electrons. The number of rotatable bonds is 4. The van der Waals surface area contributed by atoms with E-state index in [4.69, 9.17) is 4.42 Å². The lowest BCUT2D eigenvalue weighted by atomic mass is 10.2. The molecule has 0 bridgehead atoms. The average Bonchev–Trinajstić information content (AvgIpc) is 2.37. The van der Waals surface area contributed by atoms with E-state index in [2.05, 4.69) is 31.9 Å². The second kappa shape index (κ2) is 4.99. The van der Waals surface area contributed by atoms with Crippen LogP contribution < -0.4 is 0 Å². The summed E-state index contributed by atoms with van der Waals surface area (Å²) in [7, 11) is 0. The van der Waals surface area contributed by atoms with E-state index in [0.717, 1.165) is 16.4 Å². The Morgan fingerprint density at radius 1 is 1.36 bits per heavy atom. The molecule has 0 amide bonds. The molecular formula is C8H10Br2O. The Hall–Kier alpha value is 0.240. The zero-order chi connectivity index (χ0) is 8.10. The van der Waals surface area contributed by atoms with Gasteiger partial charge >= 0.3 is 0 Å². The first-order valence-electron chi connectivity index (χ1n) is 3.62. The summed E-state index contributed by atoms with van der Waals surface area (Å²) in [5, 5.41) is 1.09. The maximum Gasteiger partial charge on any atom is 0.169 e. The maximum atomic E-state index is 5.10. The lowest BCUT2D eigenvalue weighted by molar-refractivity contribution is 0.538. The van der Waals surface area contributed by atoms with E-state index < -0.39 is 0 Å². The van der Waals surface area contributed by atoms with Gasteiger partial charge in [0.2, 0.25) is 0 Å². The minimum Gasteiger partial charge on any atom is -0.457 e. The predicted octanol–water partition coefficient (Wildman–Crippen LogP) is 3.76. The molecule has 1 nitrogen and oxygen atoms in total. The Morgan fingerprint density at radius 2 is 2.18 bits per heavy atom. The van der Waals surface area contributed by atoms with E-state index in [9.17, 15) is 0 Å². The molecule has 0 saturated carbocycles. The van der Waals surface area contributed by atoms with Crippen molar-refractivity contribution in [3.05, 3.63) is 22.6 Å². The summed E-state index contributed by atoms with van der Waals surface area (Å²) in [6.45, 7) is 0. The number of aryl methyl sites for hydroxylation is 1. The molecule has 0 atom stereocenters. The van der Waals surface area contributed by atoms with Crippen LogP contribution in [0.5, 0.6) is 0 Å². The van der Waals surface area contributed by atoms with Gasteiger partial charge in [-0.1, -0.05) is 15.9 Å². The van der Waals surface area contributed by atoms with Gasteiger partial charge in [-0.25, -0.2) is 0 Å². The van der Waals surface area contributed by atoms with Crippen LogP contribution in [0.25, 0.3) is 0 Å². The molecule has 1 aromatic rings. The number of hydrogen-bond donors (Lipinski definition) is 0. The van der Waals surface area contributed by atoms with E-state index in [-0.39, 0.29) is 0 Å². The first-order valence-corrected chi connectivity index (χ1v) is 5.53. The van der Waals surface area contributed by atoms with E-state index >= 15 is 0 Å². The van der Waals surface area contributed by atoms with Crippen LogP contribution in [0, 0.1) is 0 Å². The molecule has 0 unspecified atom stereocenters. The molecule has 0 saturated heterocycles. The third-order valence-corrected chi connectivity index (χ3v) is 2.45. The second-order valence-electron chi connectivity index (χ2n) is 2.41. The zero-order valence-corrected chi connectivity index (χ0v) is 9.32. The van der Waals surface area contributed by atoms with Crippen LogP contribution in [0.1, 0.15) is 18.4 Å². The highest BCUT2D eigenvalue weighted by Crippen LogP contribution is 2.15. The third-order valence-electron chi connectivity index (χ3n) is 1.47. The van der Waals surface area contributed by atoms with Crippen molar-refractivity contribution >= 4 is 31.9 Å². The number of alkyl halides is 1. The standard InChI is InChI=1S/C8H10Br2O/c9-4-2-1-3-7-5-8(10)11-6-7/h5-6H,1-4H2. The Labute approximate surface area is 83.4 Å². The monoisotopic (exact) mass is 280 g/mol. The van der Waals surface area contributed by atoms with Crippen LogP contribution >= 0.6 is 31.9 Å². The molecule has 0 aromatic carbocycles. The SMILES string of the molecule is BrCCCCc1coc(Br)c1. The van der Waals surface area contributed by atoms with Crippen molar-refractivity contribution in [2.75, 3.05) is 5.33 Å². The Kier molecular flexibility index (Phi) is 4.23. The highest BCUT2D eigenvalue weighted by atomic mass is 79.9. The highest BCUT2D eigenvalue weighted by Gasteiger charge is 1.97. The number of unbranched alkanes of at least 4 members (excludes halogenated alkanes) is 1. The van der Waals surface area contributed by atoms with Gasteiger partial charge in [0.15, 0.2) is 4.67 Å². The van der Waals surface area contributed by atoms with Crippen molar-refractivity contribution in [3.8, 4) is 0 Å². The summed E-state index contributed by atoms with van der Waals surface area (Å²) in [6.07, 6.45) is 5.36. The van der Waals surface area contributed by atoms with Crippen molar-refractivity contribution in [1.29, 1.82) is 0 Å². The van der Waals surface area contributed by atoms with E-state index in [0.29, 0.717) is 0 Å². The fourth-order valence-corrected chi connectivity index (χ4v) is 1.68. The predicted molar refractivity (Wildman–Crippen MR) is 53.1 cm³/mol. The summed E-state index contributed by atoms with van der Waals surface area (Å²) < 4.78 is 5.93. The van der Waals surface area contributed by atoms with E-state index in [1.165, 1.54) is 18.4 Å². The summed E-state index contributed by atoms with van der Waals surface area (Å²) in [5.74, 6) is 0. The number of furan rings is 1. The number of halogens is 2. The molecule has 1 rings (SSSR count). The lowest BCUT2D eigenvalue weighted by Crippen LogP contribution is -1.82. The van der Waals surface area contributed by atoms with Crippen LogP contribution in [-0.2, 0) is 6.42 Å². The van der Waals surface area contributed by atoms with Crippen LogP contribution in [0.15, 0.2) is 21.4 Å². The van der Waals surface area contributed by atoms with E-state index in [1.54, 1.807) is 6.26 Å². The highest BCUT2D eigenvalue weighted by molar-refractivity contribution is 9.10. The van der Waals surface area contributed by atoms with Gasteiger partial charge in [-0.05, 0) is 46.8 Å². The summed E-state index contributed by atoms with van der Waals surface area (Å²) in [4.78, 5) is 0. The first-order chi connectivity index (χ1) is 5.33. The summed E-state index contributed by atoms with van der Waals surface area (Å²) in [6, 6.07) is 2.02. The van der Waals surface area contributed by atoms with Gasteiger partial charge in [0.25, 0.3) is 0 Å². The zero-order valence-electron chi connectivity index (χ0n) is 6.15. The van der Waals surface area contributed by atoms with Crippen LogP contribution in [0.4, 0.5) is 0 Å². The fraction of sp³-hybridized carbons (Fsp3) is 0.500. The largest absolute Gasteiger partial charge is 0.457 e. The van der Waals surface area contributed by atoms with Crippen molar-refractivity contribution in [1.82, 2.24) is 0 Å². The molecule has 3 heteroatoms. The van der Waals surface area contributed by atoms with Gasteiger partial charge in [-0.3, -0.25) is 0 Å². The third kappa shape index (κ3) is 3.43. The van der Waals surface area contributed by atoms with Gasteiger partial charge in [0.1, 0.15) is 0 Å². The minimum absolute atomic E-state index is 0.825. The Bertz CT molecular complexity index is 208. The smallest absolute Gasteiger partial charge is 0.169 e. The average molecular weight is 282 g/mol. The molecular weight excluding hydrogens is 272 g/mol. The number of hydrogen-bond acceptors (Lipinski definition) is 1. The van der Waals surface area contributed by atoms with Crippen molar-refractivity contribution in [2.24, 2.45) is 0 Å². The topological polar surface area (TPSA) is 13.1 Å². The molecule has 0 aliphatic heterocycles. The minimum atomic E-state index is 0.825. The van der Waals surface area contributed by atoms with Crippen LogP contribution in [-0.4, -0.2) is 5.33 Å².